The van der Waals surface area contributed by atoms with Crippen molar-refractivity contribution in [2.24, 2.45) is 11.8 Å². The lowest BCUT2D eigenvalue weighted by Crippen LogP contribution is -2.42. The van der Waals surface area contributed by atoms with Gasteiger partial charge >= 0.3 is 0 Å². The molecular formula is C25H29N3O2. The minimum Gasteiger partial charge on any atom is -0.340 e. The van der Waals surface area contributed by atoms with Gasteiger partial charge in [0.1, 0.15) is 0 Å². The van der Waals surface area contributed by atoms with Crippen LogP contribution in [0.1, 0.15) is 24.8 Å². The van der Waals surface area contributed by atoms with E-state index in [2.05, 4.69) is 29.8 Å². The normalized spacial score (nSPS) is 19.9. The zero-order chi connectivity index (χ0) is 20.9. The summed E-state index contributed by atoms with van der Waals surface area (Å²) in [5.74, 6) is 0.260. The molecule has 1 aliphatic heterocycles. The molecule has 2 heterocycles. The highest BCUT2D eigenvalue weighted by atomic mass is 16.2. The number of hydrogen-bond donors (Lipinski definition) is 0. The number of rotatable bonds is 6. The SMILES string of the molecule is C=CCN1CCN(C(=O)C2CCC2)C[C@@H](Cc2cccc(-c3cccnc3)c2)C1=O. The molecule has 1 atom stereocenters. The zero-order valence-corrected chi connectivity index (χ0v) is 17.4. The number of hydrogen-bond acceptors (Lipinski definition) is 3. The van der Waals surface area contributed by atoms with E-state index in [0.29, 0.717) is 32.6 Å². The van der Waals surface area contributed by atoms with Crippen molar-refractivity contribution in [3.63, 3.8) is 0 Å². The van der Waals surface area contributed by atoms with E-state index in [1.807, 2.05) is 34.2 Å². The van der Waals surface area contributed by atoms with Gasteiger partial charge in [0.15, 0.2) is 0 Å². The summed E-state index contributed by atoms with van der Waals surface area (Å²) in [6, 6.07) is 12.2. The Morgan fingerprint density at radius 2 is 2.00 bits per heavy atom. The Morgan fingerprint density at radius 1 is 1.17 bits per heavy atom. The third-order valence-corrected chi connectivity index (χ3v) is 6.26. The molecule has 2 fully saturated rings. The Hall–Kier alpha value is -2.95. The lowest BCUT2D eigenvalue weighted by atomic mass is 9.84. The van der Waals surface area contributed by atoms with Crippen LogP contribution >= 0.6 is 0 Å². The average molecular weight is 404 g/mol. The van der Waals surface area contributed by atoms with Gasteiger partial charge in [0, 0.05) is 44.5 Å². The fourth-order valence-electron chi connectivity index (χ4n) is 4.34. The molecule has 1 saturated heterocycles. The molecule has 30 heavy (non-hydrogen) atoms. The molecule has 5 nitrogen and oxygen atoms in total. The summed E-state index contributed by atoms with van der Waals surface area (Å²) >= 11 is 0. The maximum atomic E-state index is 13.2. The van der Waals surface area contributed by atoms with Crippen molar-refractivity contribution < 1.29 is 9.59 Å². The van der Waals surface area contributed by atoms with Gasteiger partial charge in [-0.2, -0.15) is 0 Å². The highest BCUT2D eigenvalue weighted by molar-refractivity contribution is 5.83. The third-order valence-electron chi connectivity index (χ3n) is 6.26. The average Bonchev–Trinajstić information content (AvgIpc) is 2.88. The van der Waals surface area contributed by atoms with Crippen LogP contribution in [0.25, 0.3) is 11.1 Å². The summed E-state index contributed by atoms with van der Waals surface area (Å²) in [6.45, 7) is 6.01. The number of carbonyl (C=O) groups is 2. The molecule has 0 unspecified atom stereocenters. The topological polar surface area (TPSA) is 53.5 Å². The van der Waals surface area contributed by atoms with Crippen LogP contribution in [-0.4, -0.2) is 52.8 Å². The molecule has 5 heteroatoms. The number of aromatic nitrogens is 1. The first-order valence-electron chi connectivity index (χ1n) is 10.8. The van der Waals surface area contributed by atoms with Crippen LogP contribution in [0, 0.1) is 11.8 Å². The van der Waals surface area contributed by atoms with Crippen LogP contribution in [0.3, 0.4) is 0 Å². The maximum absolute atomic E-state index is 13.2. The summed E-state index contributed by atoms with van der Waals surface area (Å²) in [5, 5.41) is 0. The predicted octanol–water partition coefficient (Wildman–Crippen LogP) is 3.56. The molecule has 4 rings (SSSR count). The van der Waals surface area contributed by atoms with Gasteiger partial charge in [-0.05, 0) is 42.0 Å². The summed E-state index contributed by atoms with van der Waals surface area (Å²) < 4.78 is 0. The zero-order valence-electron chi connectivity index (χ0n) is 17.4. The van der Waals surface area contributed by atoms with Crippen LogP contribution in [-0.2, 0) is 16.0 Å². The van der Waals surface area contributed by atoms with Gasteiger partial charge < -0.3 is 9.80 Å². The molecule has 0 bridgehead atoms. The standard InChI is InChI=1S/C25H29N3O2/c1-2-12-27-13-14-28(24(29)20-7-4-8-20)18-23(25(27)30)16-19-6-3-9-21(15-19)22-10-5-11-26-17-22/h2-3,5-6,9-11,15,17,20,23H,1,4,7-8,12-14,16,18H2/t23-/m1/s1. The Bertz CT molecular complexity index is 908. The fraction of sp³-hybridized carbons (Fsp3) is 0.400. The number of amides is 2. The number of benzene rings is 1. The number of pyridine rings is 1. The van der Waals surface area contributed by atoms with Crippen molar-refractivity contribution in [1.82, 2.24) is 14.8 Å². The summed E-state index contributed by atoms with van der Waals surface area (Å²) in [5.41, 5.74) is 3.25. The van der Waals surface area contributed by atoms with Gasteiger partial charge in [0.2, 0.25) is 11.8 Å². The second kappa shape index (κ2) is 9.24. The summed E-state index contributed by atoms with van der Waals surface area (Å²) in [4.78, 5) is 34.1. The molecule has 1 saturated carbocycles. The van der Waals surface area contributed by atoms with E-state index in [1.54, 1.807) is 12.3 Å². The van der Waals surface area contributed by atoms with E-state index in [4.69, 9.17) is 0 Å². The van der Waals surface area contributed by atoms with Crippen LogP contribution in [0.2, 0.25) is 0 Å². The molecule has 0 N–H and O–H groups in total. The van der Waals surface area contributed by atoms with Crippen molar-refractivity contribution in [2.75, 3.05) is 26.2 Å². The van der Waals surface area contributed by atoms with Crippen molar-refractivity contribution in [3.8, 4) is 11.1 Å². The highest BCUT2D eigenvalue weighted by Gasteiger charge is 2.35. The predicted molar refractivity (Wildman–Crippen MR) is 118 cm³/mol. The largest absolute Gasteiger partial charge is 0.340 e. The van der Waals surface area contributed by atoms with Crippen LogP contribution in [0.5, 0.6) is 0 Å². The van der Waals surface area contributed by atoms with Crippen molar-refractivity contribution >= 4 is 11.8 Å². The van der Waals surface area contributed by atoms with Crippen molar-refractivity contribution in [2.45, 2.75) is 25.7 Å². The maximum Gasteiger partial charge on any atom is 0.228 e. The molecule has 0 radical (unpaired) electrons. The van der Waals surface area contributed by atoms with Crippen LogP contribution in [0.15, 0.2) is 61.4 Å². The molecule has 2 aliphatic rings. The molecule has 1 aromatic carbocycles. The lowest BCUT2D eigenvalue weighted by molar-refractivity contribution is -0.138. The van der Waals surface area contributed by atoms with Crippen molar-refractivity contribution in [3.05, 3.63) is 67.0 Å². The molecule has 1 aromatic heterocycles. The smallest absolute Gasteiger partial charge is 0.228 e. The molecular weight excluding hydrogens is 374 g/mol. The van der Waals surface area contributed by atoms with Crippen LogP contribution in [0.4, 0.5) is 0 Å². The lowest BCUT2D eigenvalue weighted by Gasteiger charge is -2.31. The molecule has 156 valence electrons. The quantitative estimate of drug-likeness (QED) is 0.693. The first kappa shape index (κ1) is 20.3. The van der Waals surface area contributed by atoms with E-state index < -0.39 is 0 Å². The van der Waals surface area contributed by atoms with Crippen LogP contribution < -0.4 is 0 Å². The van der Waals surface area contributed by atoms with Gasteiger partial charge in [-0.1, -0.05) is 42.8 Å². The minimum atomic E-state index is -0.236. The van der Waals surface area contributed by atoms with E-state index in [0.717, 1.165) is 36.0 Å². The molecule has 2 aromatic rings. The van der Waals surface area contributed by atoms with Gasteiger partial charge in [0.05, 0.1) is 5.92 Å². The van der Waals surface area contributed by atoms with Gasteiger partial charge in [-0.15, -0.1) is 6.58 Å². The second-order valence-electron chi connectivity index (χ2n) is 8.33. The number of carbonyl (C=O) groups excluding carboxylic acids is 2. The van der Waals surface area contributed by atoms with E-state index in [-0.39, 0.29) is 23.7 Å². The Labute approximate surface area is 178 Å². The van der Waals surface area contributed by atoms with Crippen molar-refractivity contribution in [1.29, 1.82) is 0 Å². The summed E-state index contributed by atoms with van der Waals surface area (Å²) in [7, 11) is 0. The Morgan fingerprint density at radius 3 is 2.70 bits per heavy atom. The molecule has 2 amide bonds. The monoisotopic (exact) mass is 403 g/mol. The minimum absolute atomic E-state index is 0.116. The third kappa shape index (κ3) is 4.45. The second-order valence-corrected chi connectivity index (χ2v) is 8.33. The molecule has 0 spiro atoms. The Balaban J connectivity index is 1.55. The first-order chi connectivity index (χ1) is 14.7. The van der Waals surface area contributed by atoms with Gasteiger partial charge in [-0.3, -0.25) is 14.6 Å². The molecule has 1 aliphatic carbocycles. The highest BCUT2D eigenvalue weighted by Crippen LogP contribution is 2.30. The van der Waals surface area contributed by atoms with E-state index >= 15 is 0 Å². The van der Waals surface area contributed by atoms with E-state index in [1.165, 1.54) is 0 Å². The number of nitrogens with zero attached hydrogens (tertiary/aromatic N) is 3. The Kier molecular flexibility index (Phi) is 6.26. The van der Waals surface area contributed by atoms with Gasteiger partial charge in [0.25, 0.3) is 0 Å². The first-order valence-corrected chi connectivity index (χ1v) is 10.8. The van der Waals surface area contributed by atoms with Gasteiger partial charge in [-0.25, -0.2) is 0 Å². The fourth-order valence-corrected chi connectivity index (χ4v) is 4.34. The van der Waals surface area contributed by atoms with E-state index in [9.17, 15) is 9.59 Å². The summed E-state index contributed by atoms with van der Waals surface area (Å²) in [6.07, 6.45) is 9.10.